The number of hydrogen-bond acceptors (Lipinski definition) is 3. The number of aliphatic carboxylic acids is 2. The SMILES string of the molecule is CCCCCCCCCC(CCCCCCCC(=O)O)SCC(=O)O. The Kier molecular flexibility index (Phi) is 17.6. The maximum absolute atomic E-state index is 10.8. The van der Waals surface area contributed by atoms with Crippen molar-refractivity contribution in [2.45, 2.75) is 108 Å². The van der Waals surface area contributed by atoms with Crippen LogP contribution in [0.5, 0.6) is 0 Å². The number of rotatable bonds is 19. The van der Waals surface area contributed by atoms with Gasteiger partial charge in [0, 0.05) is 11.7 Å². The molecule has 0 amide bonds. The second-order valence-corrected chi connectivity index (χ2v) is 8.23. The smallest absolute Gasteiger partial charge is 0.313 e. The molecule has 1 atom stereocenters. The van der Waals surface area contributed by atoms with Crippen LogP contribution in [0.25, 0.3) is 0 Å². The highest BCUT2D eigenvalue weighted by molar-refractivity contribution is 8.00. The van der Waals surface area contributed by atoms with Crippen molar-refractivity contribution in [3.63, 3.8) is 0 Å². The molecule has 1 unspecified atom stereocenters. The first-order valence-corrected chi connectivity index (χ1v) is 11.2. The third-order valence-electron chi connectivity index (χ3n) is 4.49. The van der Waals surface area contributed by atoms with Crippen molar-refractivity contribution >= 4 is 23.7 Å². The fourth-order valence-corrected chi connectivity index (χ4v) is 4.05. The Hall–Kier alpha value is -0.710. The Balaban J connectivity index is 3.74. The van der Waals surface area contributed by atoms with Gasteiger partial charge < -0.3 is 10.2 Å². The van der Waals surface area contributed by atoms with Crippen molar-refractivity contribution in [3.05, 3.63) is 0 Å². The van der Waals surface area contributed by atoms with Gasteiger partial charge in [0.25, 0.3) is 0 Å². The molecule has 4 nitrogen and oxygen atoms in total. The number of unbranched alkanes of at least 4 members (excludes halogenated alkanes) is 10. The van der Waals surface area contributed by atoms with Crippen molar-refractivity contribution in [2.75, 3.05) is 5.75 Å². The molecule has 5 heteroatoms. The van der Waals surface area contributed by atoms with Gasteiger partial charge in [0.15, 0.2) is 0 Å². The van der Waals surface area contributed by atoms with Crippen LogP contribution in [0.3, 0.4) is 0 Å². The summed E-state index contributed by atoms with van der Waals surface area (Å²) >= 11 is 1.60. The van der Waals surface area contributed by atoms with Crippen LogP contribution in [0.4, 0.5) is 0 Å². The van der Waals surface area contributed by atoms with Gasteiger partial charge in [0.2, 0.25) is 0 Å². The Morgan fingerprint density at radius 3 is 1.68 bits per heavy atom. The number of hydrogen-bond donors (Lipinski definition) is 2. The summed E-state index contributed by atoms with van der Waals surface area (Å²) in [7, 11) is 0. The van der Waals surface area contributed by atoms with E-state index in [9.17, 15) is 9.59 Å². The molecule has 0 aliphatic heterocycles. The Morgan fingerprint density at radius 2 is 1.20 bits per heavy atom. The van der Waals surface area contributed by atoms with Gasteiger partial charge in [-0.2, -0.15) is 0 Å². The van der Waals surface area contributed by atoms with Crippen LogP contribution in [0.1, 0.15) is 103 Å². The van der Waals surface area contributed by atoms with Crippen molar-refractivity contribution in [1.82, 2.24) is 0 Å². The zero-order valence-electron chi connectivity index (χ0n) is 16.0. The minimum Gasteiger partial charge on any atom is -0.481 e. The van der Waals surface area contributed by atoms with E-state index < -0.39 is 11.9 Å². The Morgan fingerprint density at radius 1 is 0.720 bits per heavy atom. The molecule has 25 heavy (non-hydrogen) atoms. The molecule has 0 rings (SSSR count). The van der Waals surface area contributed by atoms with Gasteiger partial charge in [0.05, 0.1) is 5.75 Å². The largest absolute Gasteiger partial charge is 0.481 e. The van der Waals surface area contributed by atoms with Crippen molar-refractivity contribution in [1.29, 1.82) is 0 Å². The lowest BCUT2D eigenvalue weighted by Crippen LogP contribution is -2.08. The molecule has 0 aromatic rings. The van der Waals surface area contributed by atoms with E-state index in [1.807, 2.05) is 0 Å². The van der Waals surface area contributed by atoms with Crippen LogP contribution in [-0.4, -0.2) is 33.2 Å². The maximum Gasteiger partial charge on any atom is 0.313 e. The van der Waals surface area contributed by atoms with E-state index in [0.717, 1.165) is 44.9 Å². The first-order chi connectivity index (χ1) is 12.1. The highest BCUT2D eigenvalue weighted by Gasteiger charge is 2.11. The summed E-state index contributed by atoms with van der Waals surface area (Å²) in [5.74, 6) is -1.22. The van der Waals surface area contributed by atoms with E-state index in [4.69, 9.17) is 10.2 Å². The molecular formula is C20H38O4S. The summed E-state index contributed by atoms with van der Waals surface area (Å²) in [4.78, 5) is 21.3. The van der Waals surface area contributed by atoms with Crippen molar-refractivity contribution in [2.24, 2.45) is 0 Å². The molecule has 0 aliphatic rings. The fourth-order valence-electron chi connectivity index (χ4n) is 3.01. The molecule has 0 bridgehead atoms. The van der Waals surface area contributed by atoms with Gasteiger partial charge in [-0.3, -0.25) is 9.59 Å². The topological polar surface area (TPSA) is 74.6 Å². The van der Waals surface area contributed by atoms with E-state index in [0.29, 0.717) is 5.25 Å². The van der Waals surface area contributed by atoms with Crippen molar-refractivity contribution in [3.8, 4) is 0 Å². The number of thioether (sulfide) groups is 1. The summed E-state index contributed by atoms with van der Waals surface area (Å²) < 4.78 is 0. The minimum atomic E-state index is -0.719. The number of carboxylic acids is 2. The van der Waals surface area contributed by atoms with Gasteiger partial charge in [-0.25, -0.2) is 0 Å². The van der Waals surface area contributed by atoms with E-state index in [1.54, 1.807) is 11.8 Å². The lowest BCUT2D eigenvalue weighted by Gasteiger charge is -2.15. The molecular weight excluding hydrogens is 336 g/mol. The first-order valence-electron chi connectivity index (χ1n) is 10.1. The van der Waals surface area contributed by atoms with E-state index in [2.05, 4.69) is 6.92 Å². The molecule has 0 heterocycles. The van der Waals surface area contributed by atoms with Crippen LogP contribution in [-0.2, 0) is 9.59 Å². The van der Waals surface area contributed by atoms with Gasteiger partial charge in [-0.15, -0.1) is 11.8 Å². The molecule has 0 saturated heterocycles. The van der Waals surface area contributed by atoms with Gasteiger partial charge >= 0.3 is 11.9 Å². The maximum atomic E-state index is 10.8. The summed E-state index contributed by atoms with van der Waals surface area (Å²) in [5, 5.41) is 18.0. The van der Waals surface area contributed by atoms with E-state index >= 15 is 0 Å². The van der Waals surface area contributed by atoms with E-state index in [1.165, 1.54) is 44.9 Å². The first kappa shape index (κ1) is 24.3. The average Bonchev–Trinajstić information content (AvgIpc) is 2.56. The number of carbonyl (C=O) groups is 2. The summed E-state index contributed by atoms with van der Waals surface area (Å²) in [6.07, 6.45) is 16.7. The van der Waals surface area contributed by atoms with Crippen molar-refractivity contribution < 1.29 is 19.8 Å². The third-order valence-corrected chi connectivity index (χ3v) is 5.85. The lowest BCUT2D eigenvalue weighted by atomic mass is 10.0. The Labute approximate surface area is 158 Å². The molecule has 0 aromatic heterocycles. The molecule has 0 aliphatic carbocycles. The zero-order valence-corrected chi connectivity index (χ0v) is 16.8. The second kappa shape index (κ2) is 18.1. The van der Waals surface area contributed by atoms with Crippen LogP contribution >= 0.6 is 11.8 Å². The molecule has 2 N–H and O–H groups in total. The lowest BCUT2D eigenvalue weighted by molar-refractivity contribution is -0.137. The Bertz CT molecular complexity index is 334. The van der Waals surface area contributed by atoms with Crippen LogP contribution in [0, 0.1) is 0 Å². The highest BCUT2D eigenvalue weighted by atomic mass is 32.2. The summed E-state index contributed by atoms with van der Waals surface area (Å²) in [6.45, 7) is 2.23. The predicted molar refractivity (Wildman–Crippen MR) is 106 cm³/mol. The molecule has 0 radical (unpaired) electrons. The van der Waals surface area contributed by atoms with E-state index in [-0.39, 0.29) is 12.2 Å². The molecule has 0 fully saturated rings. The minimum absolute atomic E-state index is 0.208. The van der Waals surface area contributed by atoms with Gasteiger partial charge in [-0.05, 0) is 19.3 Å². The standard InChI is InChI=1S/C20H38O4S/c1-2-3-4-5-6-8-11-14-18(25-17-20(23)24)15-12-9-7-10-13-16-19(21)22/h18H,2-17H2,1H3,(H,21,22)(H,23,24). The molecule has 0 spiro atoms. The molecule has 148 valence electrons. The third kappa shape index (κ3) is 19.5. The van der Waals surface area contributed by atoms with Gasteiger partial charge in [0.1, 0.15) is 0 Å². The predicted octanol–water partition coefficient (Wildman–Crippen LogP) is 6.13. The number of carboxylic acid groups (broad SMARTS) is 2. The summed E-state index contributed by atoms with van der Waals surface area (Å²) in [5.41, 5.74) is 0. The molecule has 0 aromatic carbocycles. The quantitative estimate of drug-likeness (QED) is 0.266. The zero-order chi connectivity index (χ0) is 18.8. The van der Waals surface area contributed by atoms with Crippen LogP contribution in [0.2, 0.25) is 0 Å². The van der Waals surface area contributed by atoms with Crippen LogP contribution in [0.15, 0.2) is 0 Å². The molecule has 0 saturated carbocycles. The average molecular weight is 375 g/mol. The van der Waals surface area contributed by atoms with Gasteiger partial charge in [-0.1, -0.05) is 77.6 Å². The summed E-state index contributed by atoms with van der Waals surface area (Å²) in [6, 6.07) is 0. The highest BCUT2D eigenvalue weighted by Crippen LogP contribution is 2.24. The fraction of sp³-hybridized carbons (Fsp3) is 0.900. The second-order valence-electron chi connectivity index (χ2n) is 6.94. The monoisotopic (exact) mass is 374 g/mol. The normalized spacial score (nSPS) is 12.2. The van der Waals surface area contributed by atoms with Crippen LogP contribution < -0.4 is 0 Å².